The monoisotopic (exact) mass is 610 g/mol. The molecule has 3 aromatic rings. The summed E-state index contributed by atoms with van der Waals surface area (Å²) in [5.74, 6) is -3.33. The van der Waals surface area contributed by atoms with E-state index in [2.05, 4.69) is 0 Å². The number of hydrogen-bond acceptors (Lipinski definition) is 16. The minimum atomic E-state index is -1.97. The van der Waals surface area contributed by atoms with Crippen molar-refractivity contribution in [2.24, 2.45) is 0 Å². The Labute approximate surface area is 241 Å². The Morgan fingerprint density at radius 2 is 1.42 bits per heavy atom. The summed E-state index contributed by atoms with van der Waals surface area (Å²) in [4.78, 5) is 13.6. The summed E-state index contributed by atoms with van der Waals surface area (Å²) >= 11 is 0. The van der Waals surface area contributed by atoms with Crippen LogP contribution in [0, 0.1) is 0 Å². The number of ether oxygens (including phenoxy) is 4. The van der Waals surface area contributed by atoms with Crippen molar-refractivity contribution in [2.75, 3.05) is 6.61 Å². The zero-order valence-corrected chi connectivity index (χ0v) is 22.3. The lowest BCUT2D eigenvalue weighted by Gasteiger charge is -2.42. The standard InChI is InChI=1S/C27H30O16/c1-8-17(32)20(35)22(37)26(40-8)39-7-15-18(33)21(36)23(38)27(42-15)43-25-19(34)16-13(31)5-10(28)6-14(16)41-24(25)9-2-3-11(29)12(30)4-9/h2-6,8,15,17-18,20-23,26-33,35-38H,7H2,1H3/t8-,15+,17-,18+,20+,21-,22+,23+,26+,27+/m0/s1. The predicted molar refractivity (Wildman–Crippen MR) is 140 cm³/mol. The van der Waals surface area contributed by atoms with Crippen molar-refractivity contribution < 1.29 is 74.4 Å². The summed E-state index contributed by atoms with van der Waals surface area (Å²) in [7, 11) is 0. The molecule has 234 valence electrons. The first-order chi connectivity index (χ1) is 20.3. The Morgan fingerprint density at radius 1 is 0.744 bits per heavy atom. The summed E-state index contributed by atoms with van der Waals surface area (Å²) in [6, 6.07) is 5.24. The van der Waals surface area contributed by atoms with Gasteiger partial charge in [-0.3, -0.25) is 4.79 Å². The van der Waals surface area contributed by atoms with Crippen LogP contribution >= 0.6 is 0 Å². The first-order valence-corrected chi connectivity index (χ1v) is 13.0. The van der Waals surface area contributed by atoms with E-state index in [0.29, 0.717) is 0 Å². The molecule has 10 atom stereocenters. The van der Waals surface area contributed by atoms with Crippen LogP contribution in [0.1, 0.15) is 6.92 Å². The number of aromatic hydroxyl groups is 4. The van der Waals surface area contributed by atoms with Gasteiger partial charge in [-0.15, -0.1) is 0 Å². The lowest BCUT2D eigenvalue weighted by atomic mass is 9.98. The highest BCUT2D eigenvalue weighted by molar-refractivity contribution is 5.88. The highest BCUT2D eigenvalue weighted by atomic mass is 16.7. The van der Waals surface area contributed by atoms with Gasteiger partial charge in [-0.25, -0.2) is 0 Å². The van der Waals surface area contributed by atoms with Gasteiger partial charge in [0.25, 0.3) is 0 Å². The minimum Gasteiger partial charge on any atom is -0.508 e. The summed E-state index contributed by atoms with van der Waals surface area (Å²) in [5.41, 5.74) is -1.35. The number of fused-ring (bicyclic) bond motifs is 1. The van der Waals surface area contributed by atoms with Crippen LogP contribution in [0.3, 0.4) is 0 Å². The molecule has 1 aromatic heterocycles. The molecule has 0 aliphatic carbocycles. The zero-order chi connectivity index (χ0) is 31.3. The largest absolute Gasteiger partial charge is 0.508 e. The van der Waals surface area contributed by atoms with Gasteiger partial charge in [0.05, 0.1) is 12.7 Å². The van der Waals surface area contributed by atoms with E-state index in [0.717, 1.165) is 24.3 Å². The van der Waals surface area contributed by atoms with Gasteiger partial charge in [-0.05, 0) is 25.1 Å². The second-order valence-electron chi connectivity index (χ2n) is 10.3. The first-order valence-electron chi connectivity index (χ1n) is 13.0. The van der Waals surface area contributed by atoms with Gasteiger partial charge in [-0.1, -0.05) is 0 Å². The van der Waals surface area contributed by atoms with Crippen LogP contribution in [-0.4, -0.2) is 119 Å². The molecule has 0 saturated carbocycles. The van der Waals surface area contributed by atoms with E-state index in [1.54, 1.807) is 0 Å². The quantitative estimate of drug-likeness (QED) is 0.140. The van der Waals surface area contributed by atoms with E-state index in [-0.39, 0.29) is 11.1 Å². The molecular weight excluding hydrogens is 580 g/mol. The van der Waals surface area contributed by atoms with Crippen LogP contribution < -0.4 is 10.2 Å². The van der Waals surface area contributed by atoms with Gasteiger partial charge in [0, 0.05) is 17.7 Å². The van der Waals surface area contributed by atoms with Crippen molar-refractivity contribution in [2.45, 2.75) is 68.3 Å². The molecule has 2 aromatic carbocycles. The molecule has 0 radical (unpaired) electrons. The molecule has 0 unspecified atom stereocenters. The molecule has 0 bridgehead atoms. The van der Waals surface area contributed by atoms with E-state index in [1.807, 2.05) is 0 Å². The molecular formula is C27H30O16. The van der Waals surface area contributed by atoms with Crippen LogP contribution in [0.2, 0.25) is 0 Å². The Hall–Kier alpha value is -3.71. The average Bonchev–Trinajstić information content (AvgIpc) is 2.96. The zero-order valence-electron chi connectivity index (χ0n) is 22.3. The molecule has 10 N–H and O–H groups in total. The van der Waals surface area contributed by atoms with Gasteiger partial charge in [-0.2, -0.15) is 0 Å². The van der Waals surface area contributed by atoms with Gasteiger partial charge in [0.1, 0.15) is 65.2 Å². The van der Waals surface area contributed by atoms with Crippen molar-refractivity contribution in [1.29, 1.82) is 0 Å². The second kappa shape index (κ2) is 11.8. The molecule has 3 heterocycles. The predicted octanol–water partition coefficient (Wildman–Crippen LogP) is -1.69. The fourth-order valence-electron chi connectivity index (χ4n) is 4.84. The van der Waals surface area contributed by atoms with Crippen molar-refractivity contribution in [3.8, 4) is 40.1 Å². The van der Waals surface area contributed by atoms with Crippen LogP contribution in [-0.2, 0) is 14.2 Å². The van der Waals surface area contributed by atoms with Crippen molar-refractivity contribution >= 4 is 11.0 Å². The molecule has 2 saturated heterocycles. The molecule has 2 aliphatic rings. The Kier molecular flexibility index (Phi) is 8.41. The minimum absolute atomic E-state index is 0.0313. The van der Waals surface area contributed by atoms with Crippen molar-refractivity contribution in [3.05, 3.63) is 40.6 Å². The number of aliphatic hydroxyl groups excluding tert-OH is 6. The van der Waals surface area contributed by atoms with Crippen LogP contribution in [0.4, 0.5) is 0 Å². The summed E-state index contributed by atoms with van der Waals surface area (Å²) in [6.07, 6.45) is -16.2. The van der Waals surface area contributed by atoms with Gasteiger partial charge >= 0.3 is 0 Å². The van der Waals surface area contributed by atoms with Gasteiger partial charge in [0.2, 0.25) is 17.5 Å². The number of hydrogen-bond donors (Lipinski definition) is 10. The molecule has 5 rings (SSSR count). The maximum Gasteiger partial charge on any atom is 0.239 e. The topological polar surface area (TPSA) is 269 Å². The molecule has 16 heteroatoms. The van der Waals surface area contributed by atoms with Crippen LogP contribution in [0.15, 0.2) is 39.5 Å². The van der Waals surface area contributed by atoms with Gasteiger partial charge in [0.15, 0.2) is 23.5 Å². The SMILES string of the molecule is C[C@@H]1O[C@@H](OC[C@H]2O[C@H](Oc3c(-c4ccc(O)c(O)c4)oc4cc(O)cc(O)c4c3=O)[C@H](O)[C@@H](O)[C@@H]2O)[C@H](O)[C@H](O)[C@H]1O. The highest BCUT2D eigenvalue weighted by Gasteiger charge is 2.47. The first kappa shape index (κ1) is 30.7. The van der Waals surface area contributed by atoms with Gasteiger partial charge < -0.3 is 74.4 Å². The van der Waals surface area contributed by atoms with Crippen molar-refractivity contribution in [3.63, 3.8) is 0 Å². The molecule has 43 heavy (non-hydrogen) atoms. The number of phenols is 4. The normalized spacial score (nSPS) is 33.0. The third-order valence-corrected chi connectivity index (χ3v) is 7.29. The van der Waals surface area contributed by atoms with E-state index in [4.69, 9.17) is 23.4 Å². The summed E-state index contributed by atoms with van der Waals surface area (Å²) in [6.45, 7) is 0.818. The second-order valence-corrected chi connectivity index (χ2v) is 10.3. The van der Waals surface area contributed by atoms with E-state index < -0.39 is 113 Å². The number of rotatable bonds is 6. The Bertz CT molecular complexity index is 1540. The lowest BCUT2D eigenvalue weighted by Crippen LogP contribution is -2.61. The van der Waals surface area contributed by atoms with E-state index in [9.17, 15) is 55.9 Å². The fourth-order valence-corrected chi connectivity index (χ4v) is 4.84. The number of benzene rings is 2. The lowest BCUT2D eigenvalue weighted by molar-refractivity contribution is -0.318. The maximum atomic E-state index is 13.6. The van der Waals surface area contributed by atoms with Crippen LogP contribution in [0.5, 0.6) is 28.7 Å². The van der Waals surface area contributed by atoms with E-state index >= 15 is 0 Å². The van der Waals surface area contributed by atoms with E-state index in [1.165, 1.54) is 13.0 Å². The fraction of sp³-hybridized carbons (Fsp3) is 0.444. The molecule has 0 spiro atoms. The highest BCUT2D eigenvalue weighted by Crippen LogP contribution is 2.39. The third-order valence-electron chi connectivity index (χ3n) is 7.29. The molecule has 2 aliphatic heterocycles. The smallest absolute Gasteiger partial charge is 0.239 e. The third kappa shape index (κ3) is 5.67. The summed E-state index contributed by atoms with van der Waals surface area (Å²) in [5, 5.41) is 101. The molecule has 0 amide bonds. The summed E-state index contributed by atoms with van der Waals surface area (Å²) < 4.78 is 27.8. The number of phenolic OH excluding ortho intramolecular Hbond substituents is 4. The average molecular weight is 611 g/mol. The number of aliphatic hydroxyl groups is 6. The Balaban J connectivity index is 1.48. The Morgan fingerprint density at radius 3 is 2.12 bits per heavy atom. The maximum absolute atomic E-state index is 13.6. The van der Waals surface area contributed by atoms with Crippen molar-refractivity contribution in [1.82, 2.24) is 0 Å². The molecule has 16 nitrogen and oxygen atoms in total. The van der Waals surface area contributed by atoms with Crippen LogP contribution in [0.25, 0.3) is 22.3 Å². The molecule has 2 fully saturated rings.